The van der Waals surface area contributed by atoms with E-state index in [2.05, 4.69) is 26.3 Å². The minimum atomic E-state index is 0.595. The van der Waals surface area contributed by atoms with Crippen LogP contribution in [0.15, 0.2) is 23.3 Å². The van der Waals surface area contributed by atoms with Crippen LogP contribution in [0.3, 0.4) is 0 Å². The molecule has 1 saturated heterocycles. The first-order valence-corrected chi connectivity index (χ1v) is 8.80. The number of guanidine groups is 1. The van der Waals surface area contributed by atoms with Gasteiger partial charge in [-0.25, -0.2) is 4.98 Å². The number of ether oxygens (including phenoxy) is 2. The number of hydrogen-bond donors (Lipinski definition) is 1. The lowest BCUT2D eigenvalue weighted by Gasteiger charge is -2.21. The molecule has 1 aliphatic carbocycles. The van der Waals surface area contributed by atoms with Crippen LogP contribution < -0.4 is 10.1 Å². The van der Waals surface area contributed by atoms with Crippen molar-refractivity contribution in [3.8, 4) is 5.88 Å². The molecule has 1 saturated carbocycles. The molecule has 0 spiro atoms. The van der Waals surface area contributed by atoms with Crippen LogP contribution >= 0.6 is 0 Å². The minimum absolute atomic E-state index is 0.595. The van der Waals surface area contributed by atoms with Crippen molar-refractivity contribution in [3.63, 3.8) is 0 Å². The molecule has 1 aliphatic heterocycles. The van der Waals surface area contributed by atoms with Gasteiger partial charge < -0.3 is 19.7 Å². The van der Waals surface area contributed by atoms with E-state index in [1.807, 2.05) is 19.3 Å². The maximum absolute atomic E-state index is 5.67. The Morgan fingerprint density at radius 2 is 2.17 bits per heavy atom. The first kappa shape index (κ1) is 17.0. The molecule has 1 unspecified atom stereocenters. The Morgan fingerprint density at radius 3 is 2.83 bits per heavy atom. The summed E-state index contributed by atoms with van der Waals surface area (Å²) in [7, 11) is 3.60. The largest absolute Gasteiger partial charge is 0.477 e. The molecular weight excluding hydrogens is 304 g/mol. The average molecular weight is 332 g/mol. The van der Waals surface area contributed by atoms with Crippen molar-refractivity contribution >= 4 is 5.96 Å². The molecule has 1 aromatic heterocycles. The first-order valence-electron chi connectivity index (χ1n) is 8.80. The molecule has 6 nitrogen and oxygen atoms in total. The summed E-state index contributed by atoms with van der Waals surface area (Å²) in [6, 6.07) is 4.01. The third-order valence-electron chi connectivity index (χ3n) is 4.61. The molecule has 1 N–H and O–H groups in total. The fourth-order valence-corrected chi connectivity index (χ4v) is 3.00. The lowest BCUT2D eigenvalue weighted by atomic mass is 10.1. The number of aliphatic imine (C=N–C) groups is 1. The molecule has 3 rings (SSSR count). The molecule has 0 amide bonds. The second-order valence-electron chi connectivity index (χ2n) is 6.72. The quantitative estimate of drug-likeness (QED) is 0.611. The van der Waals surface area contributed by atoms with Gasteiger partial charge in [0, 0.05) is 52.0 Å². The van der Waals surface area contributed by atoms with E-state index in [-0.39, 0.29) is 0 Å². The van der Waals surface area contributed by atoms with E-state index in [9.17, 15) is 0 Å². The van der Waals surface area contributed by atoms with Crippen LogP contribution in [-0.4, -0.2) is 56.3 Å². The van der Waals surface area contributed by atoms with E-state index in [4.69, 9.17) is 9.47 Å². The highest BCUT2D eigenvalue weighted by Crippen LogP contribution is 2.29. The summed E-state index contributed by atoms with van der Waals surface area (Å²) in [5.74, 6) is 3.01. The van der Waals surface area contributed by atoms with Crippen LogP contribution in [0.1, 0.15) is 24.8 Å². The molecule has 0 radical (unpaired) electrons. The van der Waals surface area contributed by atoms with E-state index in [0.717, 1.165) is 56.0 Å². The third kappa shape index (κ3) is 4.84. The average Bonchev–Trinajstić information content (AvgIpc) is 3.33. The fraction of sp³-hybridized carbons (Fsp3) is 0.667. The Labute approximate surface area is 144 Å². The Kier molecular flexibility index (Phi) is 5.91. The molecule has 0 aromatic carbocycles. The molecule has 1 atom stereocenters. The highest BCUT2D eigenvalue weighted by atomic mass is 16.5. The van der Waals surface area contributed by atoms with E-state index in [1.54, 1.807) is 7.11 Å². The second-order valence-corrected chi connectivity index (χ2v) is 6.72. The van der Waals surface area contributed by atoms with Crippen LogP contribution in [0.5, 0.6) is 5.88 Å². The van der Waals surface area contributed by atoms with Crippen molar-refractivity contribution in [2.24, 2.45) is 16.8 Å². The Morgan fingerprint density at radius 1 is 1.29 bits per heavy atom. The highest BCUT2D eigenvalue weighted by molar-refractivity contribution is 5.80. The predicted molar refractivity (Wildman–Crippen MR) is 94.2 cm³/mol. The number of hydrogen-bond acceptors (Lipinski definition) is 4. The number of aromatic nitrogens is 1. The number of likely N-dealkylation sites (tertiary alicyclic amines) is 1. The molecule has 2 heterocycles. The molecule has 132 valence electrons. The monoisotopic (exact) mass is 332 g/mol. The van der Waals surface area contributed by atoms with Crippen LogP contribution in [0.25, 0.3) is 0 Å². The van der Waals surface area contributed by atoms with Gasteiger partial charge in [-0.3, -0.25) is 4.99 Å². The summed E-state index contributed by atoms with van der Waals surface area (Å²) in [6.07, 6.45) is 5.62. The summed E-state index contributed by atoms with van der Waals surface area (Å²) in [6.45, 7) is 4.36. The number of rotatable bonds is 7. The van der Waals surface area contributed by atoms with Gasteiger partial charge in [0.25, 0.3) is 0 Å². The van der Waals surface area contributed by atoms with Gasteiger partial charge in [-0.1, -0.05) is 6.07 Å². The normalized spacial score (nSPS) is 21.2. The maximum atomic E-state index is 5.67. The van der Waals surface area contributed by atoms with Crippen molar-refractivity contribution in [3.05, 3.63) is 23.9 Å². The van der Waals surface area contributed by atoms with E-state index >= 15 is 0 Å². The summed E-state index contributed by atoms with van der Waals surface area (Å²) < 4.78 is 10.9. The molecule has 1 aromatic rings. The number of nitrogens with zero attached hydrogens (tertiary/aromatic N) is 3. The van der Waals surface area contributed by atoms with E-state index < -0.39 is 0 Å². The lowest BCUT2D eigenvalue weighted by molar-refractivity contribution is 0.157. The smallest absolute Gasteiger partial charge is 0.213 e. The summed E-state index contributed by atoms with van der Waals surface area (Å²) in [5.41, 5.74) is 1.13. The van der Waals surface area contributed by atoms with Crippen LogP contribution in [0.2, 0.25) is 0 Å². The highest BCUT2D eigenvalue weighted by Gasteiger charge is 2.24. The van der Waals surface area contributed by atoms with Gasteiger partial charge in [0.05, 0.1) is 13.2 Å². The van der Waals surface area contributed by atoms with E-state index in [1.165, 1.54) is 12.8 Å². The molecule has 2 fully saturated rings. The summed E-state index contributed by atoms with van der Waals surface area (Å²) >= 11 is 0. The van der Waals surface area contributed by atoms with Crippen molar-refractivity contribution in [1.82, 2.24) is 15.2 Å². The molecule has 6 heteroatoms. The van der Waals surface area contributed by atoms with Crippen molar-refractivity contribution in [2.75, 3.05) is 40.5 Å². The fourth-order valence-electron chi connectivity index (χ4n) is 3.00. The Bertz CT molecular complexity index is 542. The summed E-state index contributed by atoms with van der Waals surface area (Å²) in [4.78, 5) is 11.1. The van der Waals surface area contributed by atoms with Crippen LogP contribution in [-0.2, 0) is 11.3 Å². The Hall–Kier alpha value is -1.82. The topological polar surface area (TPSA) is 59.0 Å². The van der Waals surface area contributed by atoms with Crippen molar-refractivity contribution < 1.29 is 9.47 Å². The molecule has 2 aliphatic rings. The molecule has 24 heavy (non-hydrogen) atoms. The summed E-state index contributed by atoms with van der Waals surface area (Å²) in [5, 5.41) is 3.42. The zero-order valence-electron chi connectivity index (χ0n) is 14.7. The van der Waals surface area contributed by atoms with Gasteiger partial charge in [-0.15, -0.1) is 0 Å². The standard InChI is InChI=1S/C18H28N4O2/c1-19-18(22-8-7-16(11-22)12-23-2)21-10-15-5-6-17(20-9-15)24-13-14-3-4-14/h5-6,9,14,16H,3-4,7-8,10-13H2,1-2H3,(H,19,21). The lowest BCUT2D eigenvalue weighted by Crippen LogP contribution is -2.39. The zero-order valence-corrected chi connectivity index (χ0v) is 14.7. The predicted octanol–water partition coefficient (Wildman–Crippen LogP) is 1.91. The van der Waals surface area contributed by atoms with Gasteiger partial charge in [0.15, 0.2) is 5.96 Å². The van der Waals surface area contributed by atoms with Gasteiger partial charge >= 0.3 is 0 Å². The third-order valence-corrected chi connectivity index (χ3v) is 4.61. The van der Waals surface area contributed by atoms with Gasteiger partial charge in [-0.2, -0.15) is 0 Å². The molecule has 0 bridgehead atoms. The SMILES string of the molecule is CN=C(NCc1ccc(OCC2CC2)nc1)N1CCC(COC)C1. The van der Waals surface area contributed by atoms with Gasteiger partial charge in [0.1, 0.15) is 0 Å². The first-order chi connectivity index (χ1) is 11.8. The Balaban J connectivity index is 1.45. The van der Waals surface area contributed by atoms with E-state index in [0.29, 0.717) is 12.5 Å². The van der Waals surface area contributed by atoms with Crippen molar-refractivity contribution in [1.29, 1.82) is 0 Å². The van der Waals surface area contributed by atoms with Gasteiger partial charge in [0.2, 0.25) is 5.88 Å². The molecular formula is C18H28N4O2. The van der Waals surface area contributed by atoms with Crippen molar-refractivity contribution in [2.45, 2.75) is 25.8 Å². The number of pyridine rings is 1. The van der Waals surface area contributed by atoms with Crippen LogP contribution in [0, 0.1) is 11.8 Å². The maximum Gasteiger partial charge on any atom is 0.213 e. The minimum Gasteiger partial charge on any atom is -0.477 e. The number of methoxy groups -OCH3 is 1. The van der Waals surface area contributed by atoms with Gasteiger partial charge in [-0.05, 0) is 30.7 Å². The zero-order chi connectivity index (χ0) is 16.8. The second kappa shape index (κ2) is 8.33. The van der Waals surface area contributed by atoms with Crippen LogP contribution in [0.4, 0.5) is 0 Å². The number of nitrogens with one attached hydrogen (secondary N) is 1.